The molecule has 3 N–H and O–H groups in total. The molecule has 0 bridgehead atoms. The van der Waals surface area contributed by atoms with Crippen LogP contribution in [0.5, 0.6) is 0 Å². The molecular formula is C28H46O3. The van der Waals surface area contributed by atoms with Gasteiger partial charge >= 0.3 is 0 Å². The topological polar surface area (TPSA) is 60.7 Å². The van der Waals surface area contributed by atoms with Gasteiger partial charge in [0, 0.05) is 0 Å². The van der Waals surface area contributed by atoms with Crippen molar-refractivity contribution in [1.29, 1.82) is 0 Å². The lowest BCUT2D eigenvalue weighted by atomic mass is 9.47. The standard InChI is InChI=1S/C28H46O3/c1-16(2)17(3)7-8-18(4)20-9-10-21-24-22(12-14-27(20,21)5)28(6)13-11-19(29)15-23(28)25(30)26(24)31/h7-8,16-20,22-23,25-26,29-31H,9-15H2,1-6H3/b8-7+/t17?,18?,19-,20?,22?,23?,25-,26-,27+,28+/m0/s1. The maximum absolute atomic E-state index is 11.3. The van der Waals surface area contributed by atoms with Gasteiger partial charge in [-0.25, -0.2) is 0 Å². The van der Waals surface area contributed by atoms with Crippen LogP contribution in [-0.2, 0) is 0 Å². The Hall–Kier alpha value is -0.640. The van der Waals surface area contributed by atoms with Gasteiger partial charge in [0.15, 0.2) is 0 Å². The molecule has 4 aliphatic carbocycles. The third kappa shape index (κ3) is 3.67. The zero-order valence-electron chi connectivity index (χ0n) is 20.6. The first-order valence-corrected chi connectivity index (χ1v) is 13.0. The van der Waals surface area contributed by atoms with E-state index in [2.05, 4.69) is 53.7 Å². The zero-order valence-corrected chi connectivity index (χ0v) is 20.6. The molecule has 3 fully saturated rings. The summed E-state index contributed by atoms with van der Waals surface area (Å²) in [5.41, 5.74) is 2.81. The number of fused-ring (bicyclic) bond motifs is 4. The summed E-state index contributed by atoms with van der Waals surface area (Å²) in [4.78, 5) is 0. The molecular weight excluding hydrogens is 384 g/mol. The Balaban J connectivity index is 1.66. The number of allylic oxidation sites excluding steroid dienone is 3. The molecule has 5 unspecified atom stereocenters. The van der Waals surface area contributed by atoms with Crippen LogP contribution in [0.15, 0.2) is 23.3 Å². The largest absolute Gasteiger partial charge is 0.393 e. The van der Waals surface area contributed by atoms with E-state index in [0.29, 0.717) is 36.0 Å². The molecule has 0 aromatic heterocycles. The van der Waals surface area contributed by atoms with Gasteiger partial charge in [-0.15, -0.1) is 0 Å². The Morgan fingerprint density at radius 3 is 2.32 bits per heavy atom. The van der Waals surface area contributed by atoms with E-state index in [1.54, 1.807) is 0 Å². The smallest absolute Gasteiger partial charge is 0.102 e. The molecule has 10 atom stereocenters. The van der Waals surface area contributed by atoms with Crippen LogP contribution in [0.25, 0.3) is 0 Å². The van der Waals surface area contributed by atoms with Gasteiger partial charge in [-0.05, 0) is 96.9 Å². The predicted octanol–water partition coefficient (Wildman–Crippen LogP) is 5.50. The summed E-state index contributed by atoms with van der Waals surface area (Å²) < 4.78 is 0. The third-order valence-electron chi connectivity index (χ3n) is 10.5. The molecule has 0 aromatic carbocycles. The molecule has 0 saturated heterocycles. The zero-order chi connectivity index (χ0) is 22.7. The van der Waals surface area contributed by atoms with Gasteiger partial charge in [0.25, 0.3) is 0 Å². The van der Waals surface area contributed by atoms with Crippen molar-refractivity contribution in [2.45, 2.75) is 105 Å². The average Bonchev–Trinajstić information content (AvgIpc) is 3.08. The summed E-state index contributed by atoms with van der Waals surface area (Å²) in [6.07, 6.45) is 9.98. The van der Waals surface area contributed by atoms with Crippen LogP contribution in [0.4, 0.5) is 0 Å². The van der Waals surface area contributed by atoms with Crippen molar-refractivity contribution >= 4 is 0 Å². The lowest BCUT2D eigenvalue weighted by Crippen LogP contribution is -2.58. The Labute approximate surface area is 190 Å². The van der Waals surface area contributed by atoms with Gasteiger partial charge in [0.1, 0.15) is 6.10 Å². The second kappa shape index (κ2) is 8.29. The van der Waals surface area contributed by atoms with E-state index in [4.69, 9.17) is 0 Å². The fourth-order valence-electron chi connectivity index (χ4n) is 8.08. The van der Waals surface area contributed by atoms with E-state index in [9.17, 15) is 15.3 Å². The maximum Gasteiger partial charge on any atom is 0.102 e. The van der Waals surface area contributed by atoms with Crippen LogP contribution >= 0.6 is 0 Å². The first-order chi connectivity index (χ1) is 14.5. The van der Waals surface area contributed by atoms with Crippen molar-refractivity contribution in [3.63, 3.8) is 0 Å². The number of aliphatic hydroxyl groups excluding tert-OH is 3. The SMILES string of the molecule is CC(C)C(C)/C=C/C(C)C1CCC2=C3C(CC[C@@]21C)[C@@]1(C)CC[C@H](O)CC1[C@H](O)[C@H]3O. The molecule has 0 spiro atoms. The minimum Gasteiger partial charge on any atom is -0.393 e. The Bertz CT molecular complexity index is 739. The summed E-state index contributed by atoms with van der Waals surface area (Å²) in [6, 6.07) is 0. The fourth-order valence-corrected chi connectivity index (χ4v) is 8.08. The van der Waals surface area contributed by atoms with Gasteiger partial charge in [-0.2, -0.15) is 0 Å². The Morgan fingerprint density at radius 2 is 1.65 bits per heavy atom. The van der Waals surface area contributed by atoms with Gasteiger partial charge in [-0.1, -0.05) is 59.3 Å². The predicted molar refractivity (Wildman–Crippen MR) is 126 cm³/mol. The first kappa shape index (κ1) is 23.5. The lowest BCUT2D eigenvalue weighted by molar-refractivity contribution is -0.137. The fraction of sp³-hybridized carbons (Fsp3) is 0.857. The van der Waals surface area contributed by atoms with Crippen molar-refractivity contribution in [2.75, 3.05) is 0 Å². The summed E-state index contributed by atoms with van der Waals surface area (Å²) in [6.45, 7) is 14.0. The first-order valence-electron chi connectivity index (χ1n) is 13.0. The number of hydrogen-bond acceptors (Lipinski definition) is 3. The van der Waals surface area contributed by atoms with Gasteiger partial charge in [-0.3, -0.25) is 0 Å². The van der Waals surface area contributed by atoms with E-state index < -0.39 is 12.2 Å². The van der Waals surface area contributed by atoms with Crippen molar-refractivity contribution in [1.82, 2.24) is 0 Å². The molecule has 4 rings (SSSR count). The van der Waals surface area contributed by atoms with Crippen LogP contribution < -0.4 is 0 Å². The van der Waals surface area contributed by atoms with E-state index >= 15 is 0 Å². The molecule has 31 heavy (non-hydrogen) atoms. The molecule has 0 radical (unpaired) electrons. The minimum absolute atomic E-state index is 0.00142. The second-order valence-corrected chi connectivity index (χ2v) is 12.4. The van der Waals surface area contributed by atoms with Crippen molar-refractivity contribution in [3.05, 3.63) is 23.3 Å². The molecule has 3 saturated carbocycles. The number of aliphatic hydroxyl groups is 3. The highest BCUT2D eigenvalue weighted by Gasteiger charge is 2.60. The van der Waals surface area contributed by atoms with Crippen LogP contribution in [0, 0.1) is 46.3 Å². The summed E-state index contributed by atoms with van der Waals surface area (Å²) in [5.74, 6) is 2.75. The van der Waals surface area contributed by atoms with E-state index in [1.807, 2.05) is 0 Å². The highest BCUT2D eigenvalue weighted by atomic mass is 16.3. The average molecular weight is 431 g/mol. The van der Waals surface area contributed by atoms with Gasteiger partial charge in [0.05, 0.1) is 12.2 Å². The van der Waals surface area contributed by atoms with Gasteiger partial charge in [0.2, 0.25) is 0 Å². The van der Waals surface area contributed by atoms with Crippen molar-refractivity contribution < 1.29 is 15.3 Å². The molecule has 0 aliphatic heterocycles. The minimum atomic E-state index is -0.756. The molecule has 0 heterocycles. The summed E-state index contributed by atoms with van der Waals surface area (Å²) >= 11 is 0. The lowest BCUT2D eigenvalue weighted by Gasteiger charge is -2.59. The molecule has 3 nitrogen and oxygen atoms in total. The highest BCUT2D eigenvalue weighted by molar-refractivity contribution is 5.38. The molecule has 176 valence electrons. The van der Waals surface area contributed by atoms with Crippen molar-refractivity contribution in [2.24, 2.45) is 46.3 Å². The molecule has 4 aliphatic rings. The van der Waals surface area contributed by atoms with Crippen LogP contribution in [0.2, 0.25) is 0 Å². The normalized spacial score (nSPS) is 47.3. The van der Waals surface area contributed by atoms with Crippen LogP contribution in [0.1, 0.15) is 86.5 Å². The maximum atomic E-state index is 11.3. The summed E-state index contributed by atoms with van der Waals surface area (Å²) in [5, 5.41) is 32.8. The second-order valence-electron chi connectivity index (χ2n) is 12.4. The third-order valence-corrected chi connectivity index (χ3v) is 10.5. The Kier molecular flexibility index (Phi) is 6.29. The van der Waals surface area contributed by atoms with E-state index in [1.165, 1.54) is 24.0 Å². The number of hydrogen-bond donors (Lipinski definition) is 3. The molecule has 0 amide bonds. The van der Waals surface area contributed by atoms with Gasteiger partial charge < -0.3 is 15.3 Å². The van der Waals surface area contributed by atoms with E-state index in [-0.39, 0.29) is 22.9 Å². The van der Waals surface area contributed by atoms with Crippen LogP contribution in [0.3, 0.4) is 0 Å². The monoisotopic (exact) mass is 430 g/mol. The number of rotatable bonds is 4. The Morgan fingerprint density at radius 1 is 0.935 bits per heavy atom. The highest BCUT2D eigenvalue weighted by Crippen LogP contribution is 2.65. The molecule has 3 heteroatoms. The van der Waals surface area contributed by atoms with Crippen LogP contribution in [-0.4, -0.2) is 33.6 Å². The summed E-state index contributed by atoms with van der Waals surface area (Å²) in [7, 11) is 0. The quantitative estimate of drug-likeness (QED) is 0.516. The molecule has 0 aromatic rings. The van der Waals surface area contributed by atoms with Crippen molar-refractivity contribution in [3.8, 4) is 0 Å². The van der Waals surface area contributed by atoms with E-state index in [0.717, 1.165) is 25.7 Å².